The van der Waals surface area contributed by atoms with Crippen LogP contribution < -0.4 is 5.32 Å². The zero-order chi connectivity index (χ0) is 16.2. The maximum absolute atomic E-state index is 11.8. The van der Waals surface area contributed by atoms with Crippen LogP contribution in [-0.4, -0.2) is 42.8 Å². The summed E-state index contributed by atoms with van der Waals surface area (Å²) >= 11 is 0. The van der Waals surface area contributed by atoms with Gasteiger partial charge in [0.1, 0.15) is 5.60 Å². The SMILES string of the molecule is CC(C)(C)OC(=O)N1C[C@H]2CCC[C@H]2C1.CC1CCNCC1. The number of piperidine rings is 1. The van der Waals surface area contributed by atoms with Gasteiger partial charge in [-0.2, -0.15) is 0 Å². The van der Waals surface area contributed by atoms with Crippen LogP contribution in [0.4, 0.5) is 4.79 Å². The van der Waals surface area contributed by atoms with E-state index in [4.69, 9.17) is 4.74 Å². The van der Waals surface area contributed by atoms with Crippen molar-refractivity contribution in [3.63, 3.8) is 0 Å². The molecular formula is C18H34N2O2. The molecule has 22 heavy (non-hydrogen) atoms. The molecule has 128 valence electrons. The summed E-state index contributed by atoms with van der Waals surface area (Å²) in [7, 11) is 0. The molecule has 0 radical (unpaired) electrons. The number of ether oxygens (including phenoxy) is 1. The van der Waals surface area contributed by atoms with Gasteiger partial charge in [0, 0.05) is 13.1 Å². The van der Waals surface area contributed by atoms with Crippen LogP contribution in [0.15, 0.2) is 0 Å². The van der Waals surface area contributed by atoms with Gasteiger partial charge in [-0.05, 0) is 77.3 Å². The van der Waals surface area contributed by atoms with Gasteiger partial charge in [-0.3, -0.25) is 0 Å². The lowest BCUT2D eigenvalue weighted by Crippen LogP contribution is -2.35. The number of nitrogens with one attached hydrogen (secondary N) is 1. The summed E-state index contributed by atoms with van der Waals surface area (Å²) < 4.78 is 5.37. The fraction of sp³-hybridized carbons (Fsp3) is 0.944. The van der Waals surface area contributed by atoms with Crippen molar-refractivity contribution in [2.75, 3.05) is 26.2 Å². The van der Waals surface area contributed by atoms with E-state index >= 15 is 0 Å². The third kappa shape index (κ3) is 5.45. The fourth-order valence-corrected chi connectivity index (χ4v) is 3.68. The van der Waals surface area contributed by atoms with E-state index in [-0.39, 0.29) is 11.7 Å². The minimum Gasteiger partial charge on any atom is -0.444 e. The van der Waals surface area contributed by atoms with E-state index in [0.29, 0.717) is 0 Å². The Bertz CT molecular complexity index is 347. The maximum Gasteiger partial charge on any atom is 0.410 e. The zero-order valence-electron chi connectivity index (χ0n) is 14.9. The van der Waals surface area contributed by atoms with Gasteiger partial charge in [-0.1, -0.05) is 13.3 Å². The molecule has 0 aromatic carbocycles. The molecule has 1 amide bonds. The highest BCUT2D eigenvalue weighted by Crippen LogP contribution is 2.38. The van der Waals surface area contributed by atoms with E-state index in [1.165, 1.54) is 45.2 Å². The van der Waals surface area contributed by atoms with Crippen LogP contribution in [0.5, 0.6) is 0 Å². The molecule has 4 heteroatoms. The van der Waals surface area contributed by atoms with Gasteiger partial charge in [0.15, 0.2) is 0 Å². The molecule has 0 unspecified atom stereocenters. The van der Waals surface area contributed by atoms with Gasteiger partial charge < -0.3 is 15.0 Å². The lowest BCUT2D eigenvalue weighted by molar-refractivity contribution is 0.0280. The summed E-state index contributed by atoms with van der Waals surface area (Å²) in [6.45, 7) is 12.4. The van der Waals surface area contributed by atoms with Gasteiger partial charge in [0.2, 0.25) is 0 Å². The summed E-state index contributed by atoms with van der Waals surface area (Å²) in [6, 6.07) is 0. The van der Waals surface area contributed by atoms with Crippen molar-refractivity contribution >= 4 is 6.09 Å². The summed E-state index contributed by atoms with van der Waals surface area (Å²) in [4.78, 5) is 13.7. The van der Waals surface area contributed by atoms with Crippen molar-refractivity contribution in [3.8, 4) is 0 Å². The van der Waals surface area contributed by atoms with E-state index in [9.17, 15) is 4.79 Å². The van der Waals surface area contributed by atoms with Gasteiger partial charge in [0.05, 0.1) is 0 Å². The minimum absolute atomic E-state index is 0.128. The Morgan fingerprint density at radius 1 is 1.05 bits per heavy atom. The number of rotatable bonds is 0. The molecule has 0 spiro atoms. The first kappa shape index (κ1) is 17.6. The second-order valence-corrected chi connectivity index (χ2v) is 8.27. The summed E-state index contributed by atoms with van der Waals surface area (Å²) in [5.74, 6) is 2.47. The number of carbonyl (C=O) groups excluding carboxylic acids is 1. The van der Waals surface area contributed by atoms with Crippen LogP contribution in [0, 0.1) is 17.8 Å². The summed E-state index contributed by atoms with van der Waals surface area (Å²) in [6.07, 6.45) is 6.56. The molecule has 2 heterocycles. The lowest BCUT2D eigenvalue weighted by Gasteiger charge is -2.24. The zero-order valence-corrected chi connectivity index (χ0v) is 14.9. The quantitative estimate of drug-likeness (QED) is 0.742. The number of nitrogens with zero attached hydrogens (tertiary/aromatic N) is 1. The van der Waals surface area contributed by atoms with E-state index in [0.717, 1.165) is 30.8 Å². The Kier molecular flexibility index (Phi) is 6.13. The summed E-state index contributed by atoms with van der Waals surface area (Å²) in [5, 5.41) is 3.32. The van der Waals surface area contributed by atoms with Crippen LogP contribution >= 0.6 is 0 Å². The van der Waals surface area contributed by atoms with Crippen molar-refractivity contribution in [2.24, 2.45) is 17.8 Å². The smallest absolute Gasteiger partial charge is 0.410 e. The third-order valence-corrected chi connectivity index (χ3v) is 5.01. The molecule has 0 aromatic rings. The largest absolute Gasteiger partial charge is 0.444 e. The van der Waals surface area contributed by atoms with Crippen molar-refractivity contribution in [2.45, 2.75) is 65.4 Å². The minimum atomic E-state index is -0.366. The average Bonchev–Trinajstić information content (AvgIpc) is 2.98. The molecule has 2 saturated heterocycles. The first-order valence-corrected chi connectivity index (χ1v) is 9.04. The highest BCUT2D eigenvalue weighted by atomic mass is 16.6. The predicted molar refractivity (Wildman–Crippen MR) is 89.9 cm³/mol. The number of carbonyl (C=O) groups is 1. The molecule has 2 atom stereocenters. The molecule has 3 rings (SSSR count). The number of hydrogen-bond acceptors (Lipinski definition) is 3. The second-order valence-electron chi connectivity index (χ2n) is 8.27. The average molecular weight is 310 g/mol. The molecular weight excluding hydrogens is 276 g/mol. The van der Waals surface area contributed by atoms with Gasteiger partial charge in [0.25, 0.3) is 0 Å². The Hall–Kier alpha value is -0.770. The van der Waals surface area contributed by atoms with Crippen molar-refractivity contribution in [3.05, 3.63) is 0 Å². The highest BCUT2D eigenvalue weighted by molar-refractivity contribution is 5.68. The van der Waals surface area contributed by atoms with Gasteiger partial charge in [-0.25, -0.2) is 4.79 Å². The Morgan fingerprint density at radius 2 is 1.59 bits per heavy atom. The van der Waals surface area contributed by atoms with Gasteiger partial charge in [-0.15, -0.1) is 0 Å². The van der Waals surface area contributed by atoms with Crippen molar-refractivity contribution in [1.29, 1.82) is 0 Å². The molecule has 1 saturated carbocycles. The highest BCUT2D eigenvalue weighted by Gasteiger charge is 2.39. The predicted octanol–water partition coefficient (Wildman–Crippen LogP) is 3.66. The van der Waals surface area contributed by atoms with E-state index in [1.807, 2.05) is 25.7 Å². The number of likely N-dealkylation sites (tertiary alicyclic amines) is 1. The van der Waals surface area contributed by atoms with Crippen molar-refractivity contribution < 1.29 is 9.53 Å². The standard InChI is InChI=1S/C12H21NO2.C6H13N/c1-12(2,3)15-11(14)13-7-9-5-4-6-10(9)8-13;1-6-2-4-7-5-3-6/h9-10H,4-8H2,1-3H3;6-7H,2-5H2,1H3/t9-,10+;. The molecule has 4 nitrogen and oxygen atoms in total. The Labute approximate surface area is 136 Å². The Balaban J connectivity index is 0.000000211. The number of amides is 1. The van der Waals surface area contributed by atoms with Crippen molar-refractivity contribution in [1.82, 2.24) is 10.2 Å². The molecule has 1 aliphatic carbocycles. The van der Waals surface area contributed by atoms with Gasteiger partial charge >= 0.3 is 6.09 Å². The van der Waals surface area contributed by atoms with E-state index < -0.39 is 0 Å². The number of hydrogen-bond donors (Lipinski definition) is 1. The molecule has 3 aliphatic rings. The van der Waals surface area contributed by atoms with E-state index in [2.05, 4.69) is 12.2 Å². The van der Waals surface area contributed by atoms with Crippen LogP contribution in [0.25, 0.3) is 0 Å². The normalized spacial score (nSPS) is 28.8. The Morgan fingerprint density at radius 3 is 2.00 bits per heavy atom. The first-order chi connectivity index (χ1) is 10.3. The van der Waals surface area contributed by atoms with Crippen LogP contribution in [0.2, 0.25) is 0 Å². The first-order valence-electron chi connectivity index (χ1n) is 9.04. The molecule has 1 N–H and O–H groups in total. The maximum atomic E-state index is 11.8. The summed E-state index contributed by atoms with van der Waals surface area (Å²) in [5.41, 5.74) is -0.366. The molecule has 0 aromatic heterocycles. The third-order valence-electron chi connectivity index (χ3n) is 5.01. The van der Waals surface area contributed by atoms with E-state index in [1.54, 1.807) is 0 Å². The number of fused-ring (bicyclic) bond motifs is 1. The van der Waals surface area contributed by atoms with Crippen LogP contribution in [0.1, 0.15) is 59.8 Å². The lowest BCUT2D eigenvalue weighted by atomic mass is 10.0. The van der Waals surface area contributed by atoms with Crippen LogP contribution in [0.3, 0.4) is 0 Å². The molecule has 3 fully saturated rings. The van der Waals surface area contributed by atoms with Crippen LogP contribution in [-0.2, 0) is 4.74 Å². The fourth-order valence-electron chi connectivity index (χ4n) is 3.68. The molecule has 0 bridgehead atoms. The topological polar surface area (TPSA) is 41.6 Å². The molecule has 2 aliphatic heterocycles. The monoisotopic (exact) mass is 310 g/mol. The second kappa shape index (κ2) is 7.67.